The molecule has 16 heavy (non-hydrogen) atoms. The summed E-state index contributed by atoms with van der Waals surface area (Å²) in [5.74, 6) is 0.727. The first-order chi connectivity index (χ1) is 7.32. The Hall–Kier alpha value is -1.11. The van der Waals surface area contributed by atoms with Crippen molar-refractivity contribution in [3.05, 3.63) is 35.4 Å². The minimum atomic E-state index is 0.164. The van der Waals surface area contributed by atoms with Gasteiger partial charge in [0.1, 0.15) is 0 Å². The molecule has 0 aromatic heterocycles. The standard InChI is InChI=1S/C15H22O/c1-11(15(3,4)5)10-13-8-6-7-9-14(13)12(2)16/h6-9,11H,10H2,1-5H3. The Bertz CT molecular complexity index is 371. The van der Waals surface area contributed by atoms with Crippen molar-refractivity contribution in [2.24, 2.45) is 11.3 Å². The highest BCUT2D eigenvalue weighted by molar-refractivity contribution is 5.95. The van der Waals surface area contributed by atoms with E-state index in [0.29, 0.717) is 5.92 Å². The number of carbonyl (C=O) groups is 1. The van der Waals surface area contributed by atoms with E-state index < -0.39 is 0 Å². The summed E-state index contributed by atoms with van der Waals surface area (Å²) in [7, 11) is 0. The summed E-state index contributed by atoms with van der Waals surface area (Å²) in [5.41, 5.74) is 2.33. The van der Waals surface area contributed by atoms with Gasteiger partial charge in [-0.05, 0) is 30.2 Å². The maximum Gasteiger partial charge on any atom is 0.160 e. The van der Waals surface area contributed by atoms with Crippen LogP contribution in [0, 0.1) is 11.3 Å². The molecule has 0 saturated carbocycles. The molecule has 0 amide bonds. The lowest BCUT2D eigenvalue weighted by atomic mass is 9.78. The van der Waals surface area contributed by atoms with Gasteiger partial charge in [-0.1, -0.05) is 52.0 Å². The molecule has 1 unspecified atom stereocenters. The van der Waals surface area contributed by atoms with E-state index in [1.807, 2.05) is 18.2 Å². The van der Waals surface area contributed by atoms with Crippen molar-refractivity contribution in [3.63, 3.8) is 0 Å². The molecule has 0 heterocycles. The van der Waals surface area contributed by atoms with Crippen molar-refractivity contribution >= 4 is 5.78 Å². The van der Waals surface area contributed by atoms with Crippen molar-refractivity contribution in [2.45, 2.75) is 41.0 Å². The summed E-state index contributed by atoms with van der Waals surface area (Å²) < 4.78 is 0. The van der Waals surface area contributed by atoms with Crippen LogP contribution in [0.5, 0.6) is 0 Å². The van der Waals surface area contributed by atoms with E-state index >= 15 is 0 Å². The molecule has 0 aliphatic carbocycles. The van der Waals surface area contributed by atoms with E-state index in [-0.39, 0.29) is 11.2 Å². The van der Waals surface area contributed by atoms with Gasteiger partial charge in [-0.3, -0.25) is 4.79 Å². The van der Waals surface area contributed by atoms with Gasteiger partial charge >= 0.3 is 0 Å². The van der Waals surface area contributed by atoms with Gasteiger partial charge in [-0.25, -0.2) is 0 Å². The second kappa shape index (κ2) is 4.82. The molecular formula is C15H22O. The number of ketones is 1. The van der Waals surface area contributed by atoms with Crippen molar-refractivity contribution < 1.29 is 4.79 Å². The molecule has 0 saturated heterocycles. The summed E-state index contributed by atoms with van der Waals surface area (Å²) in [6.07, 6.45) is 0.971. The molecule has 1 aromatic carbocycles. The molecule has 0 N–H and O–H groups in total. The van der Waals surface area contributed by atoms with E-state index in [4.69, 9.17) is 0 Å². The van der Waals surface area contributed by atoms with Gasteiger partial charge in [0.05, 0.1) is 0 Å². The van der Waals surface area contributed by atoms with Gasteiger partial charge in [0.2, 0.25) is 0 Å². The third-order valence-electron chi connectivity index (χ3n) is 3.40. The average molecular weight is 218 g/mol. The molecule has 1 nitrogen and oxygen atoms in total. The lowest BCUT2D eigenvalue weighted by Crippen LogP contribution is -2.20. The number of Topliss-reactive ketones (excluding diaryl/α,β-unsaturated/α-hetero) is 1. The molecule has 0 spiro atoms. The Morgan fingerprint density at radius 1 is 1.25 bits per heavy atom. The number of rotatable bonds is 3. The smallest absolute Gasteiger partial charge is 0.160 e. The Labute approximate surface area is 98.9 Å². The fourth-order valence-corrected chi connectivity index (χ4v) is 1.68. The molecule has 1 rings (SSSR count). The van der Waals surface area contributed by atoms with E-state index in [1.54, 1.807) is 6.92 Å². The Morgan fingerprint density at radius 2 is 1.81 bits per heavy atom. The quantitative estimate of drug-likeness (QED) is 0.698. The SMILES string of the molecule is CC(=O)c1ccccc1CC(C)C(C)(C)C. The maximum absolute atomic E-state index is 11.5. The van der Waals surface area contributed by atoms with Crippen LogP contribution in [0.1, 0.15) is 50.5 Å². The Balaban J connectivity index is 2.93. The van der Waals surface area contributed by atoms with E-state index in [0.717, 1.165) is 12.0 Å². The zero-order chi connectivity index (χ0) is 12.3. The summed E-state index contributed by atoms with van der Waals surface area (Å²) in [4.78, 5) is 11.5. The van der Waals surface area contributed by atoms with Crippen LogP contribution in [-0.2, 0) is 6.42 Å². The highest BCUT2D eigenvalue weighted by Gasteiger charge is 2.21. The summed E-state index contributed by atoms with van der Waals surface area (Å²) in [5, 5.41) is 0. The summed E-state index contributed by atoms with van der Waals surface area (Å²) >= 11 is 0. The average Bonchev–Trinajstić information content (AvgIpc) is 2.16. The molecule has 0 fully saturated rings. The lowest BCUT2D eigenvalue weighted by molar-refractivity contribution is 0.101. The topological polar surface area (TPSA) is 17.1 Å². The van der Waals surface area contributed by atoms with E-state index in [2.05, 4.69) is 33.8 Å². The minimum Gasteiger partial charge on any atom is -0.295 e. The predicted octanol–water partition coefficient (Wildman–Crippen LogP) is 4.11. The predicted molar refractivity (Wildman–Crippen MR) is 68.8 cm³/mol. The molecule has 1 atom stereocenters. The van der Waals surface area contributed by atoms with Gasteiger partial charge in [0.15, 0.2) is 5.78 Å². The first kappa shape index (κ1) is 13.0. The van der Waals surface area contributed by atoms with Gasteiger partial charge in [-0.2, -0.15) is 0 Å². The van der Waals surface area contributed by atoms with Crippen molar-refractivity contribution in [3.8, 4) is 0 Å². The van der Waals surface area contributed by atoms with Crippen LogP contribution >= 0.6 is 0 Å². The largest absolute Gasteiger partial charge is 0.295 e. The van der Waals surface area contributed by atoms with Crippen LogP contribution in [0.2, 0.25) is 0 Å². The molecular weight excluding hydrogens is 196 g/mol. The van der Waals surface area contributed by atoms with Gasteiger partial charge < -0.3 is 0 Å². The third-order valence-corrected chi connectivity index (χ3v) is 3.40. The van der Waals surface area contributed by atoms with E-state index in [9.17, 15) is 4.79 Å². The number of hydrogen-bond donors (Lipinski definition) is 0. The van der Waals surface area contributed by atoms with Gasteiger partial charge in [0.25, 0.3) is 0 Å². The number of carbonyl (C=O) groups excluding carboxylic acids is 1. The highest BCUT2D eigenvalue weighted by atomic mass is 16.1. The fourth-order valence-electron chi connectivity index (χ4n) is 1.68. The first-order valence-electron chi connectivity index (χ1n) is 5.91. The van der Waals surface area contributed by atoms with Crippen LogP contribution in [0.25, 0.3) is 0 Å². The van der Waals surface area contributed by atoms with Crippen LogP contribution in [0.3, 0.4) is 0 Å². The lowest BCUT2D eigenvalue weighted by Gasteiger charge is -2.27. The minimum absolute atomic E-state index is 0.164. The molecule has 1 aromatic rings. The molecule has 0 aliphatic rings. The number of hydrogen-bond acceptors (Lipinski definition) is 1. The zero-order valence-electron chi connectivity index (χ0n) is 11.0. The molecule has 0 aliphatic heterocycles. The summed E-state index contributed by atoms with van der Waals surface area (Å²) in [6.45, 7) is 10.6. The number of benzene rings is 1. The normalized spacial score (nSPS) is 13.6. The van der Waals surface area contributed by atoms with Gasteiger partial charge in [-0.15, -0.1) is 0 Å². The van der Waals surface area contributed by atoms with Crippen molar-refractivity contribution in [1.82, 2.24) is 0 Å². The van der Waals surface area contributed by atoms with Crippen molar-refractivity contribution in [1.29, 1.82) is 0 Å². The molecule has 0 bridgehead atoms. The summed E-state index contributed by atoms with van der Waals surface area (Å²) in [6, 6.07) is 7.94. The van der Waals surface area contributed by atoms with Crippen LogP contribution < -0.4 is 0 Å². The molecule has 0 radical (unpaired) electrons. The second-order valence-corrected chi connectivity index (χ2v) is 5.68. The van der Waals surface area contributed by atoms with Crippen LogP contribution in [0.15, 0.2) is 24.3 Å². The highest BCUT2D eigenvalue weighted by Crippen LogP contribution is 2.29. The molecule has 1 heteroatoms. The maximum atomic E-state index is 11.5. The van der Waals surface area contributed by atoms with E-state index in [1.165, 1.54) is 5.56 Å². The Morgan fingerprint density at radius 3 is 2.31 bits per heavy atom. The van der Waals surface area contributed by atoms with Crippen LogP contribution in [0.4, 0.5) is 0 Å². The third kappa shape index (κ3) is 3.19. The molecule has 88 valence electrons. The second-order valence-electron chi connectivity index (χ2n) is 5.68. The van der Waals surface area contributed by atoms with Gasteiger partial charge in [0, 0.05) is 5.56 Å². The zero-order valence-corrected chi connectivity index (χ0v) is 11.0. The van der Waals surface area contributed by atoms with Crippen LogP contribution in [-0.4, -0.2) is 5.78 Å². The monoisotopic (exact) mass is 218 g/mol. The first-order valence-corrected chi connectivity index (χ1v) is 5.91. The Kier molecular flexibility index (Phi) is 3.90. The fraction of sp³-hybridized carbons (Fsp3) is 0.533. The van der Waals surface area contributed by atoms with Crippen molar-refractivity contribution in [2.75, 3.05) is 0 Å².